The van der Waals surface area contributed by atoms with E-state index in [9.17, 15) is 18.1 Å². The van der Waals surface area contributed by atoms with Gasteiger partial charge in [0.1, 0.15) is 0 Å². The van der Waals surface area contributed by atoms with Crippen molar-refractivity contribution in [3.05, 3.63) is 34.7 Å². The number of nitroso groups, excluding NO2 is 1. The number of sulfonamides is 1. The number of hydrogen-bond donors (Lipinski definition) is 1. The van der Waals surface area contributed by atoms with Crippen LogP contribution in [0.4, 0.5) is 4.79 Å². The molecular weight excluding hydrogens is 318 g/mol. The Morgan fingerprint density at radius 3 is 2.39 bits per heavy atom. The lowest BCUT2D eigenvalue weighted by atomic mass is 10.2. The molecule has 0 bridgehead atoms. The first kappa shape index (κ1) is 19.2. The number of hydrogen-bond acceptors (Lipinski definition) is 4. The second kappa shape index (κ2) is 8.73. The maximum absolute atomic E-state index is 12.7. The van der Waals surface area contributed by atoms with Gasteiger partial charge in [0.2, 0.25) is 10.0 Å². The average molecular weight is 341 g/mol. The molecule has 0 radical (unpaired) electrons. The number of amides is 2. The second-order valence-electron chi connectivity index (χ2n) is 5.75. The number of aryl methyl sites for hydroxylation is 1. The second-order valence-corrected chi connectivity index (χ2v) is 7.68. The summed E-state index contributed by atoms with van der Waals surface area (Å²) in [6.07, 6.45) is 0.402. The van der Waals surface area contributed by atoms with E-state index >= 15 is 0 Å². The molecule has 0 atom stereocenters. The summed E-state index contributed by atoms with van der Waals surface area (Å²) in [6.45, 7) is 6.61. The van der Waals surface area contributed by atoms with Crippen molar-refractivity contribution in [3.63, 3.8) is 0 Å². The molecule has 0 heterocycles. The van der Waals surface area contributed by atoms with Crippen LogP contribution in [0.2, 0.25) is 0 Å². The van der Waals surface area contributed by atoms with Gasteiger partial charge in [-0.3, -0.25) is 0 Å². The molecule has 0 aliphatic rings. The molecule has 2 amide bonds. The van der Waals surface area contributed by atoms with Crippen LogP contribution >= 0.6 is 0 Å². The van der Waals surface area contributed by atoms with Crippen molar-refractivity contribution in [1.82, 2.24) is 9.62 Å². The van der Waals surface area contributed by atoms with Gasteiger partial charge in [0.25, 0.3) is 0 Å². The Bertz CT molecular complexity index is 627. The van der Waals surface area contributed by atoms with Crippen molar-refractivity contribution >= 4 is 16.1 Å². The lowest BCUT2D eigenvalue weighted by Crippen LogP contribution is -2.36. The molecule has 0 fully saturated rings. The summed E-state index contributed by atoms with van der Waals surface area (Å²) in [7, 11) is -3.58. The van der Waals surface area contributed by atoms with Crippen LogP contribution in [0, 0.1) is 17.7 Å². The third-order valence-corrected chi connectivity index (χ3v) is 5.05. The van der Waals surface area contributed by atoms with E-state index in [1.54, 1.807) is 24.3 Å². The molecule has 0 saturated carbocycles. The predicted octanol–water partition coefficient (Wildman–Crippen LogP) is 2.51. The molecule has 1 aromatic carbocycles. The standard InChI is InChI=1S/C15H23N3O4S/c1-12(2)11-18(10-4-9-16-15(19)17-20)23(21,22)14-7-5-13(3)6-8-14/h5-8,12H,4,9-11H2,1-3H3,(H,16,19). The lowest BCUT2D eigenvalue weighted by Gasteiger charge is -2.24. The zero-order valence-corrected chi connectivity index (χ0v) is 14.5. The molecule has 7 nitrogen and oxygen atoms in total. The maximum atomic E-state index is 12.7. The summed E-state index contributed by atoms with van der Waals surface area (Å²) < 4.78 is 26.9. The molecule has 1 N–H and O–H groups in total. The van der Waals surface area contributed by atoms with E-state index in [4.69, 9.17) is 0 Å². The van der Waals surface area contributed by atoms with Gasteiger partial charge < -0.3 is 5.32 Å². The van der Waals surface area contributed by atoms with Crippen LogP contribution in [0.15, 0.2) is 34.3 Å². The summed E-state index contributed by atoms with van der Waals surface area (Å²) in [5, 5.41) is 4.53. The smallest absolute Gasteiger partial charge is 0.334 e. The van der Waals surface area contributed by atoms with Gasteiger partial charge in [0, 0.05) is 24.8 Å². The molecule has 128 valence electrons. The third kappa shape index (κ3) is 6.07. The quantitative estimate of drug-likeness (QED) is 0.580. The van der Waals surface area contributed by atoms with E-state index in [1.807, 2.05) is 20.8 Å². The number of carbonyl (C=O) groups is 1. The SMILES string of the molecule is Cc1ccc(S(=O)(=O)N(CCCNC(=O)N=O)CC(C)C)cc1. The molecule has 23 heavy (non-hydrogen) atoms. The largest absolute Gasteiger partial charge is 0.378 e. The predicted molar refractivity (Wildman–Crippen MR) is 88.6 cm³/mol. The van der Waals surface area contributed by atoms with E-state index in [-0.39, 0.29) is 23.9 Å². The average Bonchev–Trinajstić information content (AvgIpc) is 2.50. The van der Waals surface area contributed by atoms with Gasteiger partial charge in [0.15, 0.2) is 0 Å². The summed E-state index contributed by atoms with van der Waals surface area (Å²) in [5.74, 6) is 0.168. The fraction of sp³-hybridized carbons (Fsp3) is 0.533. The van der Waals surface area contributed by atoms with Crippen LogP contribution in [0.3, 0.4) is 0 Å². The number of nitrogens with zero attached hydrogens (tertiary/aromatic N) is 2. The minimum Gasteiger partial charge on any atom is -0.334 e. The van der Waals surface area contributed by atoms with Gasteiger partial charge in [0.05, 0.1) is 4.90 Å². The number of nitrogens with one attached hydrogen (secondary N) is 1. The Morgan fingerprint density at radius 2 is 1.87 bits per heavy atom. The van der Waals surface area contributed by atoms with Crippen LogP contribution in [0.1, 0.15) is 25.8 Å². The fourth-order valence-electron chi connectivity index (χ4n) is 2.06. The first-order valence-electron chi connectivity index (χ1n) is 7.45. The van der Waals surface area contributed by atoms with E-state index < -0.39 is 16.1 Å². The first-order chi connectivity index (χ1) is 10.8. The van der Waals surface area contributed by atoms with E-state index in [1.165, 1.54) is 4.31 Å². The molecule has 0 unspecified atom stereocenters. The van der Waals surface area contributed by atoms with Crippen molar-refractivity contribution in [2.75, 3.05) is 19.6 Å². The summed E-state index contributed by atoms with van der Waals surface area (Å²) in [5.41, 5.74) is 0.989. The molecule has 0 aromatic heterocycles. The molecule has 1 aromatic rings. The van der Waals surface area contributed by atoms with Crippen molar-refractivity contribution in [2.45, 2.75) is 32.1 Å². The van der Waals surface area contributed by atoms with Crippen LogP contribution in [-0.2, 0) is 10.0 Å². The van der Waals surface area contributed by atoms with Crippen LogP contribution in [0.25, 0.3) is 0 Å². The Labute approximate surface area is 137 Å². The highest BCUT2D eigenvalue weighted by molar-refractivity contribution is 7.89. The molecule has 0 spiro atoms. The van der Waals surface area contributed by atoms with E-state index in [2.05, 4.69) is 10.5 Å². The van der Waals surface area contributed by atoms with Gasteiger partial charge in [-0.15, -0.1) is 4.91 Å². The first-order valence-corrected chi connectivity index (χ1v) is 8.89. The van der Waals surface area contributed by atoms with Crippen molar-refractivity contribution in [3.8, 4) is 0 Å². The van der Waals surface area contributed by atoms with Crippen LogP contribution in [0.5, 0.6) is 0 Å². The topological polar surface area (TPSA) is 95.9 Å². The molecular formula is C15H23N3O4S. The number of carbonyl (C=O) groups excluding carboxylic acids is 1. The van der Waals surface area contributed by atoms with Gasteiger partial charge in [-0.25, -0.2) is 13.2 Å². The zero-order chi connectivity index (χ0) is 17.5. The molecule has 0 aliphatic carbocycles. The highest BCUT2D eigenvalue weighted by atomic mass is 32.2. The maximum Gasteiger partial charge on any atom is 0.378 e. The normalized spacial score (nSPS) is 11.7. The van der Waals surface area contributed by atoms with Gasteiger partial charge >= 0.3 is 6.03 Å². The van der Waals surface area contributed by atoms with E-state index in [0.717, 1.165) is 5.56 Å². The lowest BCUT2D eigenvalue weighted by molar-refractivity contribution is 0.248. The summed E-state index contributed by atoms with van der Waals surface area (Å²) in [6, 6.07) is 5.76. The molecule has 8 heteroatoms. The van der Waals surface area contributed by atoms with Crippen LogP contribution < -0.4 is 5.32 Å². The van der Waals surface area contributed by atoms with Gasteiger partial charge in [-0.05, 0) is 31.4 Å². The highest BCUT2D eigenvalue weighted by Gasteiger charge is 2.24. The van der Waals surface area contributed by atoms with Crippen molar-refractivity contribution < 1.29 is 13.2 Å². The Morgan fingerprint density at radius 1 is 1.26 bits per heavy atom. The van der Waals surface area contributed by atoms with Crippen molar-refractivity contribution in [1.29, 1.82) is 0 Å². The zero-order valence-electron chi connectivity index (χ0n) is 13.7. The summed E-state index contributed by atoms with van der Waals surface area (Å²) >= 11 is 0. The van der Waals surface area contributed by atoms with Gasteiger partial charge in [-0.1, -0.05) is 31.5 Å². The molecule has 0 aliphatic heterocycles. The number of benzene rings is 1. The minimum absolute atomic E-state index is 0.168. The Hall–Kier alpha value is -1.80. The van der Waals surface area contributed by atoms with Crippen molar-refractivity contribution in [2.24, 2.45) is 11.1 Å². The molecule has 1 rings (SSSR count). The Balaban J connectivity index is 2.81. The third-order valence-electron chi connectivity index (χ3n) is 3.17. The molecule has 0 saturated heterocycles. The number of rotatable bonds is 8. The number of urea groups is 1. The van der Waals surface area contributed by atoms with E-state index in [0.29, 0.717) is 13.0 Å². The minimum atomic E-state index is -3.58. The monoisotopic (exact) mass is 341 g/mol. The fourth-order valence-corrected chi connectivity index (χ4v) is 3.70. The Kier molecular flexibility index (Phi) is 7.31. The highest BCUT2D eigenvalue weighted by Crippen LogP contribution is 2.18. The van der Waals surface area contributed by atoms with Gasteiger partial charge in [-0.2, -0.15) is 4.31 Å². The van der Waals surface area contributed by atoms with Crippen LogP contribution in [-0.4, -0.2) is 38.4 Å². The summed E-state index contributed by atoms with van der Waals surface area (Å²) in [4.78, 5) is 21.0.